The van der Waals surface area contributed by atoms with Gasteiger partial charge in [0.05, 0.1) is 6.10 Å². The average Bonchev–Trinajstić information content (AvgIpc) is 2.48. The molecule has 118 valence electrons. The van der Waals surface area contributed by atoms with Crippen LogP contribution in [0.1, 0.15) is 31.9 Å². The highest BCUT2D eigenvalue weighted by molar-refractivity contribution is 5.87. The van der Waals surface area contributed by atoms with Gasteiger partial charge in [-0.05, 0) is 5.56 Å². The summed E-state index contributed by atoms with van der Waals surface area (Å²) in [5, 5.41) is 0. The molecule has 1 fully saturated rings. The van der Waals surface area contributed by atoms with Gasteiger partial charge in [-0.1, -0.05) is 30.3 Å². The minimum absolute atomic E-state index is 0.110. The van der Waals surface area contributed by atoms with E-state index in [9.17, 15) is 14.4 Å². The van der Waals surface area contributed by atoms with Crippen molar-refractivity contribution in [3.63, 3.8) is 0 Å². The van der Waals surface area contributed by atoms with Crippen LogP contribution in [0.5, 0.6) is 0 Å². The first kappa shape index (κ1) is 16.2. The lowest BCUT2D eigenvalue weighted by atomic mass is 9.95. The molecule has 1 aromatic carbocycles. The van der Waals surface area contributed by atoms with Gasteiger partial charge in [0.25, 0.3) is 0 Å². The molecule has 0 spiro atoms. The minimum Gasteiger partial charge on any atom is -0.463 e. The van der Waals surface area contributed by atoms with Crippen LogP contribution in [-0.2, 0) is 28.6 Å². The molecule has 1 aromatic rings. The maximum Gasteiger partial charge on any atom is 0.303 e. The number of ketones is 1. The van der Waals surface area contributed by atoms with Crippen molar-refractivity contribution in [2.75, 3.05) is 6.61 Å². The first-order valence-corrected chi connectivity index (χ1v) is 7.01. The molecule has 1 aliphatic heterocycles. The van der Waals surface area contributed by atoms with E-state index in [1.165, 1.54) is 13.8 Å². The van der Waals surface area contributed by atoms with E-state index in [1.807, 2.05) is 30.3 Å². The molecule has 1 aliphatic rings. The Bertz CT molecular complexity index is 553. The Kier molecular flexibility index (Phi) is 5.27. The zero-order chi connectivity index (χ0) is 16.1. The van der Waals surface area contributed by atoms with Gasteiger partial charge in [-0.2, -0.15) is 0 Å². The second-order valence-corrected chi connectivity index (χ2v) is 5.08. The number of benzene rings is 1. The van der Waals surface area contributed by atoms with Crippen LogP contribution in [0, 0.1) is 0 Å². The number of ether oxygens (including phenoxy) is 3. The number of rotatable bonds is 4. The minimum atomic E-state index is -1.04. The van der Waals surface area contributed by atoms with Crippen LogP contribution >= 0.6 is 0 Å². The van der Waals surface area contributed by atoms with Crippen molar-refractivity contribution in [1.82, 2.24) is 0 Å². The first-order valence-electron chi connectivity index (χ1n) is 7.01. The molecule has 22 heavy (non-hydrogen) atoms. The molecule has 0 aliphatic carbocycles. The normalized spacial score (nSPS) is 24.6. The number of Topliss-reactive ketones (excluding diaryl/α,β-unsaturated/α-hetero) is 1. The number of carbonyl (C=O) groups excluding carboxylic acids is 3. The molecule has 0 unspecified atom stereocenters. The third kappa shape index (κ3) is 4.14. The van der Waals surface area contributed by atoms with Crippen LogP contribution in [0.4, 0.5) is 0 Å². The van der Waals surface area contributed by atoms with Crippen LogP contribution in [0.25, 0.3) is 0 Å². The Morgan fingerprint density at radius 1 is 1.18 bits per heavy atom. The van der Waals surface area contributed by atoms with Gasteiger partial charge in [-0.25, -0.2) is 0 Å². The summed E-state index contributed by atoms with van der Waals surface area (Å²) in [4.78, 5) is 34.4. The van der Waals surface area contributed by atoms with Crippen LogP contribution in [0.3, 0.4) is 0 Å². The van der Waals surface area contributed by atoms with E-state index in [0.29, 0.717) is 0 Å². The molecule has 1 heterocycles. The number of hydrogen-bond donors (Lipinski definition) is 0. The summed E-state index contributed by atoms with van der Waals surface area (Å²) >= 11 is 0. The van der Waals surface area contributed by atoms with E-state index in [0.717, 1.165) is 5.56 Å². The lowest BCUT2D eigenvalue weighted by molar-refractivity contribution is -0.186. The topological polar surface area (TPSA) is 78.9 Å². The molecule has 6 nitrogen and oxygen atoms in total. The van der Waals surface area contributed by atoms with Crippen molar-refractivity contribution in [2.24, 2.45) is 0 Å². The molecule has 6 heteroatoms. The molecule has 0 saturated carbocycles. The molecular weight excluding hydrogens is 288 g/mol. The third-order valence-corrected chi connectivity index (χ3v) is 3.30. The molecule has 3 atom stereocenters. The summed E-state index contributed by atoms with van der Waals surface area (Å²) in [5.74, 6) is -1.31. The first-order chi connectivity index (χ1) is 10.5. The van der Waals surface area contributed by atoms with Crippen molar-refractivity contribution in [1.29, 1.82) is 0 Å². The zero-order valence-corrected chi connectivity index (χ0v) is 12.5. The van der Waals surface area contributed by atoms with Crippen LogP contribution < -0.4 is 0 Å². The molecular formula is C16H18O6. The number of hydrogen-bond acceptors (Lipinski definition) is 6. The summed E-state index contributed by atoms with van der Waals surface area (Å²) in [7, 11) is 0. The molecule has 0 amide bonds. The predicted molar refractivity (Wildman–Crippen MR) is 75.9 cm³/mol. The van der Waals surface area contributed by atoms with Gasteiger partial charge in [-0.3, -0.25) is 14.4 Å². The fourth-order valence-corrected chi connectivity index (χ4v) is 2.35. The molecule has 0 radical (unpaired) electrons. The zero-order valence-electron chi connectivity index (χ0n) is 12.5. The maximum absolute atomic E-state index is 12.3. The van der Waals surface area contributed by atoms with Gasteiger partial charge in [0.15, 0.2) is 11.9 Å². The van der Waals surface area contributed by atoms with Gasteiger partial charge in [0, 0.05) is 20.3 Å². The lowest BCUT2D eigenvalue weighted by Gasteiger charge is -2.34. The predicted octanol–water partition coefficient (Wildman–Crippen LogP) is 1.58. The fraction of sp³-hybridized carbons (Fsp3) is 0.438. The van der Waals surface area contributed by atoms with Crippen molar-refractivity contribution in [3.05, 3.63) is 35.9 Å². The van der Waals surface area contributed by atoms with Gasteiger partial charge in [0.1, 0.15) is 12.7 Å². The molecule has 2 rings (SSSR count). The van der Waals surface area contributed by atoms with E-state index < -0.39 is 30.3 Å². The Morgan fingerprint density at radius 2 is 1.86 bits per heavy atom. The Morgan fingerprint density at radius 3 is 2.45 bits per heavy atom. The standard InChI is InChI=1S/C16H18O6/c1-10(17)20-9-15-16(21-11(2)18)13(19)8-14(22-15)12-6-4-3-5-7-12/h3-7,14-16H,8-9H2,1-2H3/t14-,15+,16+/m0/s1. The second kappa shape index (κ2) is 7.17. The average molecular weight is 306 g/mol. The molecule has 0 aromatic heterocycles. The Hall–Kier alpha value is -2.21. The largest absolute Gasteiger partial charge is 0.463 e. The van der Waals surface area contributed by atoms with Crippen LogP contribution in [0.15, 0.2) is 30.3 Å². The van der Waals surface area contributed by atoms with E-state index in [2.05, 4.69) is 0 Å². The summed E-state index contributed by atoms with van der Waals surface area (Å²) in [6, 6.07) is 9.27. The van der Waals surface area contributed by atoms with Gasteiger partial charge in [0.2, 0.25) is 0 Å². The highest BCUT2D eigenvalue weighted by Crippen LogP contribution is 2.31. The molecule has 1 saturated heterocycles. The van der Waals surface area contributed by atoms with Crippen molar-refractivity contribution in [2.45, 2.75) is 38.6 Å². The number of carbonyl (C=O) groups is 3. The second-order valence-electron chi connectivity index (χ2n) is 5.08. The van der Waals surface area contributed by atoms with E-state index in [-0.39, 0.29) is 18.8 Å². The Labute approximate surface area is 128 Å². The highest BCUT2D eigenvalue weighted by atomic mass is 16.6. The molecule has 0 bridgehead atoms. The summed E-state index contributed by atoms with van der Waals surface area (Å²) < 4.78 is 15.8. The maximum atomic E-state index is 12.3. The van der Waals surface area contributed by atoms with E-state index >= 15 is 0 Å². The smallest absolute Gasteiger partial charge is 0.303 e. The Balaban J connectivity index is 2.15. The van der Waals surface area contributed by atoms with Crippen molar-refractivity contribution in [3.8, 4) is 0 Å². The van der Waals surface area contributed by atoms with Gasteiger partial charge in [-0.15, -0.1) is 0 Å². The van der Waals surface area contributed by atoms with Crippen molar-refractivity contribution >= 4 is 17.7 Å². The fourth-order valence-electron chi connectivity index (χ4n) is 2.35. The third-order valence-electron chi connectivity index (χ3n) is 3.30. The van der Waals surface area contributed by atoms with Crippen LogP contribution in [-0.4, -0.2) is 36.5 Å². The summed E-state index contributed by atoms with van der Waals surface area (Å²) in [6.45, 7) is 2.35. The summed E-state index contributed by atoms with van der Waals surface area (Å²) in [6.07, 6.45) is -2.18. The van der Waals surface area contributed by atoms with E-state index in [1.54, 1.807) is 0 Å². The van der Waals surface area contributed by atoms with Crippen LogP contribution in [0.2, 0.25) is 0 Å². The highest BCUT2D eigenvalue weighted by Gasteiger charge is 2.41. The van der Waals surface area contributed by atoms with Gasteiger partial charge < -0.3 is 14.2 Å². The quantitative estimate of drug-likeness (QED) is 0.786. The van der Waals surface area contributed by atoms with Gasteiger partial charge >= 0.3 is 11.9 Å². The monoisotopic (exact) mass is 306 g/mol. The number of esters is 2. The van der Waals surface area contributed by atoms with E-state index in [4.69, 9.17) is 14.2 Å². The summed E-state index contributed by atoms with van der Waals surface area (Å²) in [5.41, 5.74) is 0.852. The van der Waals surface area contributed by atoms with Crippen molar-refractivity contribution < 1.29 is 28.6 Å². The lowest BCUT2D eigenvalue weighted by Crippen LogP contribution is -2.47. The molecule has 0 N–H and O–H groups in total. The SMILES string of the molecule is CC(=O)OC[C@H]1O[C@H](c2ccccc2)CC(=O)[C@H]1OC(C)=O.